The smallest absolute Gasteiger partial charge is 0.123 e. The van der Waals surface area contributed by atoms with Gasteiger partial charge in [-0.15, -0.1) is 0 Å². The minimum atomic E-state index is -0.454. The van der Waals surface area contributed by atoms with Crippen molar-refractivity contribution in [2.24, 2.45) is 0 Å². The van der Waals surface area contributed by atoms with Gasteiger partial charge < -0.3 is 14.6 Å². The Morgan fingerprint density at radius 3 is 2.89 bits per heavy atom. The van der Waals surface area contributed by atoms with Gasteiger partial charge in [0.2, 0.25) is 0 Å². The lowest BCUT2D eigenvalue weighted by Crippen LogP contribution is -2.31. The summed E-state index contributed by atoms with van der Waals surface area (Å²) >= 11 is 0. The largest absolute Gasteiger partial charge is 0.496 e. The molecule has 0 spiro atoms. The number of methoxy groups -OCH3 is 1. The van der Waals surface area contributed by atoms with Crippen LogP contribution in [0.15, 0.2) is 18.2 Å². The fourth-order valence-electron chi connectivity index (χ4n) is 2.45. The third-order valence-electron chi connectivity index (χ3n) is 3.74. The molecule has 1 N–H and O–H groups in total. The zero-order valence-corrected chi connectivity index (χ0v) is 11.9. The first-order chi connectivity index (χ1) is 9.11. The number of likely N-dealkylation sites (N-methyl/N-ethyl adjacent to an activating group) is 1. The molecule has 1 aliphatic heterocycles. The summed E-state index contributed by atoms with van der Waals surface area (Å²) in [5.74, 6) is 0.871. The van der Waals surface area contributed by atoms with Gasteiger partial charge in [-0.25, -0.2) is 0 Å². The molecule has 2 atom stereocenters. The second-order valence-corrected chi connectivity index (χ2v) is 5.18. The van der Waals surface area contributed by atoms with Gasteiger partial charge >= 0.3 is 0 Å². The standard InChI is InChI=1S/C15H23NO3/c1-11(17)12-4-5-15(18-3)13(8-12)9-16(2)14-6-7-19-10-14/h4-5,8,11,14,17H,6-7,9-10H2,1-3H3. The molecule has 0 aromatic heterocycles. The van der Waals surface area contributed by atoms with E-state index >= 15 is 0 Å². The maximum Gasteiger partial charge on any atom is 0.123 e. The normalized spacial score (nSPS) is 20.8. The Kier molecular flexibility index (Phi) is 4.80. The lowest BCUT2D eigenvalue weighted by Gasteiger charge is -2.24. The Labute approximate surface area is 114 Å². The van der Waals surface area contributed by atoms with E-state index in [1.165, 1.54) is 0 Å². The molecule has 1 aromatic rings. The van der Waals surface area contributed by atoms with Crippen LogP contribution in [-0.4, -0.2) is 43.4 Å². The van der Waals surface area contributed by atoms with Gasteiger partial charge in [0, 0.05) is 24.8 Å². The summed E-state index contributed by atoms with van der Waals surface area (Å²) in [7, 11) is 3.79. The van der Waals surface area contributed by atoms with E-state index < -0.39 is 6.10 Å². The van der Waals surface area contributed by atoms with Crippen LogP contribution in [0, 0.1) is 0 Å². The van der Waals surface area contributed by atoms with E-state index in [-0.39, 0.29) is 0 Å². The van der Waals surface area contributed by atoms with E-state index in [9.17, 15) is 5.11 Å². The molecule has 1 aromatic carbocycles. The molecule has 2 rings (SSSR count). The summed E-state index contributed by atoms with van der Waals surface area (Å²) in [4.78, 5) is 2.29. The minimum Gasteiger partial charge on any atom is -0.496 e. The number of nitrogens with zero attached hydrogens (tertiary/aromatic N) is 1. The van der Waals surface area contributed by atoms with Crippen molar-refractivity contribution in [3.05, 3.63) is 29.3 Å². The van der Waals surface area contributed by atoms with Crippen molar-refractivity contribution in [3.8, 4) is 5.75 Å². The van der Waals surface area contributed by atoms with Crippen LogP contribution in [0.2, 0.25) is 0 Å². The van der Waals surface area contributed by atoms with Gasteiger partial charge in [-0.2, -0.15) is 0 Å². The number of ether oxygens (including phenoxy) is 2. The third kappa shape index (κ3) is 3.47. The van der Waals surface area contributed by atoms with Crippen molar-refractivity contribution in [1.82, 2.24) is 4.90 Å². The van der Waals surface area contributed by atoms with Gasteiger partial charge in [0.05, 0.1) is 19.8 Å². The quantitative estimate of drug-likeness (QED) is 0.884. The number of hydrogen-bond acceptors (Lipinski definition) is 4. The average Bonchev–Trinajstić information content (AvgIpc) is 2.92. The Bertz CT molecular complexity index is 414. The van der Waals surface area contributed by atoms with E-state index in [0.717, 1.165) is 43.1 Å². The number of rotatable bonds is 5. The molecular weight excluding hydrogens is 242 g/mol. The third-order valence-corrected chi connectivity index (χ3v) is 3.74. The molecule has 0 radical (unpaired) electrons. The Balaban J connectivity index is 2.14. The van der Waals surface area contributed by atoms with Crippen molar-refractivity contribution in [2.75, 3.05) is 27.4 Å². The van der Waals surface area contributed by atoms with Gasteiger partial charge in [0.25, 0.3) is 0 Å². The van der Waals surface area contributed by atoms with Crippen LogP contribution in [0.4, 0.5) is 0 Å². The topological polar surface area (TPSA) is 41.9 Å². The molecule has 0 saturated carbocycles. The fourth-order valence-corrected chi connectivity index (χ4v) is 2.45. The molecule has 106 valence electrons. The molecule has 19 heavy (non-hydrogen) atoms. The number of benzene rings is 1. The number of aliphatic hydroxyl groups is 1. The lowest BCUT2D eigenvalue weighted by atomic mass is 10.0. The summed E-state index contributed by atoms with van der Waals surface area (Å²) in [6.45, 7) is 4.23. The Morgan fingerprint density at radius 2 is 2.32 bits per heavy atom. The van der Waals surface area contributed by atoms with E-state index in [1.807, 2.05) is 18.2 Å². The molecule has 0 bridgehead atoms. The zero-order chi connectivity index (χ0) is 13.8. The summed E-state index contributed by atoms with van der Waals surface area (Å²) in [5.41, 5.74) is 2.03. The van der Waals surface area contributed by atoms with Crippen molar-refractivity contribution >= 4 is 0 Å². The molecular formula is C15H23NO3. The van der Waals surface area contributed by atoms with Gasteiger partial charge in [-0.05, 0) is 38.1 Å². The predicted molar refractivity (Wildman–Crippen MR) is 74.3 cm³/mol. The molecule has 1 heterocycles. The second-order valence-electron chi connectivity index (χ2n) is 5.18. The van der Waals surface area contributed by atoms with Crippen LogP contribution in [0.25, 0.3) is 0 Å². The average molecular weight is 265 g/mol. The summed E-state index contributed by atoms with van der Waals surface area (Å²) in [6.07, 6.45) is 0.624. The van der Waals surface area contributed by atoms with Gasteiger partial charge in [0.1, 0.15) is 5.75 Å². The van der Waals surface area contributed by atoms with Crippen molar-refractivity contribution < 1.29 is 14.6 Å². The van der Waals surface area contributed by atoms with E-state index in [4.69, 9.17) is 9.47 Å². The maximum absolute atomic E-state index is 9.68. The summed E-state index contributed by atoms with van der Waals surface area (Å²) < 4.78 is 10.8. The summed E-state index contributed by atoms with van der Waals surface area (Å²) in [6, 6.07) is 6.33. The highest BCUT2D eigenvalue weighted by Gasteiger charge is 2.21. The Hall–Kier alpha value is -1.10. The predicted octanol–water partition coefficient (Wildman–Crippen LogP) is 1.97. The van der Waals surface area contributed by atoms with E-state index in [0.29, 0.717) is 6.04 Å². The highest BCUT2D eigenvalue weighted by molar-refractivity contribution is 5.38. The number of aliphatic hydroxyl groups excluding tert-OH is 1. The first kappa shape index (κ1) is 14.3. The van der Waals surface area contributed by atoms with Crippen molar-refractivity contribution in [2.45, 2.75) is 32.0 Å². The Morgan fingerprint density at radius 1 is 1.53 bits per heavy atom. The SMILES string of the molecule is COc1ccc(C(C)O)cc1CN(C)C1CCOC1. The van der Waals surface area contributed by atoms with E-state index in [1.54, 1.807) is 14.0 Å². The van der Waals surface area contributed by atoms with Crippen LogP contribution in [-0.2, 0) is 11.3 Å². The van der Waals surface area contributed by atoms with Gasteiger partial charge in [0.15, 0.2) is 0 Å². The van der Waals surface area contributed by atoms with Crippen LogP contribution >= 0.6 is 0 Å². The minimum absolute atomic E-state index is 0.454. The summed E-state index contributed by atoms with van der Waals surface area (Å²) in [5, 5.41) is 9.68. The molecule has 2 unspecified atom stereocenters. The first-order valence-electron chi connectivity index (χ1n) is 6.74. The molecule has 0 amide bonds. The first-order valence-corrected chi connectivity index (χ1v) is 6.74. The molecule has 4 nitrogen and oxygen atoms in total. The molecule has 1 aliphatic rings. The van der Waals surface area contributed by atoms with Crippen LogP contribution < -0.4 is 4.74 Å². The molecule has 1 saturated heterocycles. The van der Waals surface area contributed by atoms with Gasteiger partial charge in [-0.3, -0.25) is 4.90 Å². The molecule has 0 aliphatic carbocycles. The molecule has 1 fully saturated rings. The van der Waals surface area contributed by atoms with Crippen LogP contribution in [0.1, 0.15) is 30.6 Å². The van der Waals surface area contributed by atoms with E-state index in [2.05, 4.69) is 11.9 Å². The maximum atomic E-state index is 9.68. The van der Waals surface area contributed by atoms with Crippen LogP contribution in [0.3, 0.4) is 0 Å². The number of hydrogen-bond donors (Lipinski definition) is 1. The highest BCUT2D eigenvalue weighted by atomic mass is 16.5. The fraction of sp³-hybridized carbons (Fsp3) is 0.600. The monoisotopic (exact) mass is 265 g/mol. The van der Waals surface area contributed by atoms with Gasteiger partial charge in [-0.1, -0.05) is 6.07 Å². The van der Waals surface area contributed by atoms with Crippen LogP contribution in [0.5, 0.6) is 5.75 Å². The van der Waals surface area contributed by atoms with Crippen molar-refractivity contribution in [3.63, 3.8) is 0 Å². The zero-order valence-electron chi connectivity index (χ0n) is 11.9. The highest BCUT2D eigenvalue weighted by Crippen LogP contribution is 2.25. The lowest BCUT2D eigenvalue weighted by molar-refractivity contribution is 0.155. The second kappa shape index (κ2) is 6.37. The van der Waals surface area contributed by atoms with Crippen molar-refractivity contribution in [1.29, 1.82) is 0 Å². The molecule has 4 heteroatoms.